The van der Waals surface area contributed by atoms with Crippen LogP contribution in [0, 0.1) is 6.92 Å². The molecule has 2 aromatic rings. The van der Waals surface area contributed by atoms with E-state index < -0.39 is 0 Å². The summed E-state index contributed by atoms with van der Waals surface area (Å²) in [6.07, 6.45) is 4.56. The van der Waals surface area contributed by atoms with Gasteiger partial charge in [-0.1, -0.05) is 0 Å². The lowest BCUT2D eigenvalue weighted by Crippen LogP contribution is -2.12. The van der Waals surface area contributed by atoms with Crippen LogP contribution in [0.5, 0.6) is 0 Å². The smallest absolute Gasteiger partial charge is 0.268 e. The Kier molecular flexibility index (Phi) is 3.96. The third-order valence-corrected chi connectivity index (χ3v) is 3.25. The van der Waals surface area contributed by atoms with Crippen LogP contribution in [0.1, 0.15) is 20.4 Å². The van der Waals surface area contributed by atoms with E-state index in [0.29, 0.717) is 23.0 Å². The number of methoxy groups -OCH3 is 1. The lowest BCUT2D eigenvalue weighted by atomic mass is 10.4. The van der Waals surface area contributed by atoms with Crippen LogP contribution in [0.4, 0.5) is 5.82 Å². The van der Waals surface area contributed by atoms with Crippen LogP contribution in [0.25, 0.3) is 0 Å². The normalized spacial score (nSPS) is 10.3. The van der Waals surface area contributed by atoms with E-state index in [9.17, 15) is 4.79 Å². The number of nitrogens with zero attached hydrogens (tertiary/aromatic N) is 3. The van der Waals surface area contributed by atoms with E-state index in [-0.39, 0.29) is 5.91 Å². The number of anilines is 1. The molecule has 0 atom stereocenters. The second kappa shape index (κ2) is 5.65. The Balaban J connectivity index is 2.14. The van der Waals surface area contributed by atoms with Gasteiger partial charge >= 0.3 is 0 Å². The molecule has 94 valence electrons. The van der Waals surface area contributed by atoms with Gasteiger partial charge in [-0.05, 0) is 6.92 Å². The average molecular weight is 264 g/mol. The fourth-order valence-electron chi connectivity index (χ4n) is 1.38. The Morgan fingerprint density at radius 1 is 1.50 bits per heavy atom. The summed E-state index contributed by atoms with van der Waals surface area (Å²) in [5.41, 5.74) is 0.688. The van der Waals surface area contributed by atoms with E-state index >= 15 is 0 Å². The van der Waals surface area contributed by atoms with Crippen LogP contribution in [0.2, 0.25) is 0 Å². The number of thiazole rings is 1. The van der Waals surface area contributed by atoms with E-state index in [0.717, 1.165) is 5.01 Å². The molecule has 0 fully saturated rings. The lowest BCUT2D eigenvalue weighted by Gasteiger charge is -2.01. The van der Waals surface area contributed by atoms with Gasteiger partial charge in [0.05, 0.1) is 18.5 Å². The summed E-state index contributed by atoms with van der Waals surface area (Å²) in [7, 11) is 1.59. The molecule has 0 aliphatic heterocycles. The van der Waals surface area contributed by atoms with Crippen molar-refractivity contribution in [2.75, 3.05) is 12.4 Å². The van der Waals surface area contributed by atoms with Crippen molar-refractivity contribution in [3.05, 3.63) is 34.2 Å². The monoisotopic (exact) mass is 264 g/mol. The Bertz CT molecular complexity index is 541. The summed E-state index contributed by atoms with van der Waals surface area (Å²) < 4.78 is 4.99. The zero-order chi connectivity index (χ0) is 13.0. The van der Waals surface area contributed by atoms with E-state index in [1.165, 1.54) is 23.7 Å². The van der Waals surface area contributed by atoms with E-state index in [1.807, 2.05) is 0 Å². The first kappa shape index (κ1) is 12.6. The maximum Gasteiger partial charge on any atom is 0.268 e. The van der Waals surface area contributed by atoms with Gasteiger partial charge < -0.3 is 10.1 Å². The summed E-state index contributed by atoms with van der Waals surface area (Å²) in [6.45, 7) is 2.20. The van der Waals surface area contributed by atoms with Crippen molar-refractivity contribution in [3.8, 4) is 0 Å². The molecule has 0 spiro atoms. The molecular formula is C11H12N4O2S. The van der Waals surface area contributed by atoms with Crippen molar-refractivity contribution in [3.63, 3.8) is 0 Å². The van der Waals surface area contributed by atoms with Crippen molar-refractivity contribution in [2.24, 2.45) is 0 Å². The average Bonchev–Trinajstić information content (AvgIpc) is 2.72. The number of hydrogen-bond acceptors (Lipinski definition) is 6. The Morgan fingerprint density at radius 3 is 3.00 bits per heavy atom. The molecule has 0 unspecified atom stereocenters. The second-order valence-electron chi connectivity index (χ2n) is 3.50. The summed E-state index contributed by atoms with van der Waals surface area (Å²) >= 11 is 1.32. The van der Waals surface area contributed by atoms with Gasteiger partial charge in [0.25, 0.3) is 5.91 Å². The number of carbonyl (C=O) groups excluding carboxylic acids is 1. The summed E-state index contributed by atoms with van der Waals surface area (Å²) in [5.74, 6) is 0.191. The number of ether oxygens (including phenoxy) is 1. The highest BCUT2D eigenvalue weighted by atomic mass is 32.1. The van der Waals surface area contributed by atoms with Crippen molar-refractivity contribution in [1.29, 1.82) is 0 Å². The fraction of sp³-hybridized carbons (Fsp3) is 0.273. The Hall–Kier alpha value is -1.86. The molecule has 0 radical (unpaired) electrons. The van der Waals surface area contributed by atoms with E-state index in [4.69, 9.17) is 4.74 Å². The molecule has 0 aliphatic carbocycles. The summed E-state index contributed by atoms with van der Waals surface area (Å²) in [5, 5.41) is 3.45. The van der Waals surface area contributed by atoms with E-state index in [2.05, 4.69) is 20.3 Å². The van der Waals surface area contributed by atoms with Crippen LogP contribution in [0.15, 0.2) is 18.6 Å². The topological polar surface area (TPSA) is 77.0 Å². The minimum absolute atomic E-state index is 0.229. The van der Waals surface area contributed by atoms with Crippen LogP contribution in [0.3, 0.4) is 0 Å². The van der Waals surface area contributed by atoms with Crippen molar-refractivity contribution >= 4 is 23.1 Å². The number of amides is 1. The fourth-order valence-corrected chi connectivity index (χ4v) is 2.32. The molecule has 2 heterocycles. The van der Waals surface area contributed by atoms with Crippen LogP contribution in [-0.2, 0) is 11.3 Å². The molecular weight excluding hydrogens is 252 g/mol. The SMILES string of the molecule is COCc1nc(C)c(C(=O)Nc2cnccn2)s1. The second-order valence-corrected chi connectivity index (χ2v) is 4.58. The molecule has 6 nitrogen and oxygen atoms in total. The number of hydrogen-bond donors (Lipinski definition) is 1. The van der Waals surface area contributed by atoms with Crippen molar-refractivity contribution < 1.29 is 9.53 Å². The maximum atomic E-state index is 12.0. The van der Waals surface area contributed by atoms with Gasteiger partial charge in [0.2, 0.25) is 0 Å². The van der Waals surface area contributed by atoms with Crippen LogP contribution in [-0.4, -0.2) is 28.0 Å². The number of carbonyl (C=O) groups is 1. The summed E-state index contributed by atoms with van der Waals surface area (Å²) in [4.78, 5) is 24.7. The third kappa shape index (κ3) is 2.88. The standard InChI is InChI=1S/C11H12N4O2S/c1-7-10(18-9(14-7)6-17-2)11(16)15-8-5-12-3-4-13-8/h3-5H,6H2,1-2H3,(H,13,15,16). The first-order valence-corrected chi connectivity index (χ1v) is 6.05. The van der Waals surface area contributed by atoms with Gasteiger partial charge in [0.1, 0.15) is 9.88 Å². The molecule has 7 heteroatoms. The largest absolute Gasteiger partial charge is 0.378 e. The van der Waals surface area contributed by atoms with Gasteiger partial charge in [-0.2, -0.15) is 0 Å². The molecule has 2 rings (SSSR count). The molecule has 18 heavy (non-hydrogen) atoms. The third-order valence-electron chi connectivity index (χ3n) is 2.12. The lowest BCUT2D eigenvalue weighted by molar-refractivity contribution is 0.102. The summed E-state index contributed by atoms with van der Waals surface area (Å²) in [6, 6.07) is 0. The molecule has 0 bridgehead atoms. The van der Waals surface area contributed by atoms with Crippen LogP contribution >= 0.6 is 11.3 Å². The van der Waals surface area contributed by atoms with Crippen LogP contribution < -0.4 is 5.32 Å². The number of nitrogens with one attached hydrogen (secondary N) is 1. The van der Waals surface area contributed by atoms with Crippen molar-refractivity contribution in [2.45, 2.75) is 13.5 Å². The molecule has 0 aromatic carbocycles. The van der Waals surface area contributed by atoms with Gasteiger partial charge in [0.15, 0.2) is 5.82 Å². The number of aromatic nitrogens is 3. The Morgan fingerprint density at radius 2 is 2.33 bits per heavy atom. The highest BCUT2D eigenvalue weighted by Gasteiger charge is 2.15. The highest BCUT2D eigenvalue weighted by molar-refractivity contribution is 7.13. The molecule has 0 aliphatic rings. The van der Waals surface area contributed by atoms with Gasteiger partial charge in [-0.15, -0.1) is 11.3 Å². The zero-order valence-corrected chi connectivity index (χ0v) is 10.8. The minimum atomic E-state index is -0.229. The molecule has 2 aromatic heterocycles. The quantitative estimate of drug-likeness (QED) is 0.908. The minimum Gasteiger partial charge on any atom is -0.378 e. The van der Waals surface area contributed by atoms with Gasteiger partial charge in [0, 0.05) is 19.5 Å². The van der Waals surface area contributed by atoms with Crippen molar-refractivity contribution in [1.82, 2.24) is 15.0 Å². The molecule has 0 saturated heterocycles. The molecule has 0 saturated carbocycles. The highest BCUT2D eigenvalue weighted by Crippen LogP contribution is 2.19. The van der Waals surface area contributed by atoms with E-state index in [1.54, 1.807) is 20.2 Å². The maximum absolute atomic E-state index is 12.0. The van der Waals surface area contributed by atoms with Gasteiger partial charge in [-0.25, -0.2) is 9.97 Å². The number of rotatable bonds is 4. The molecule has 1 amide bonds. The predicted octanol–water partition coefficient (Wildman–Crippen LogP) is 1.64. The first-order valence-electron chi connectivity index (χ1n) is 5.23. The zero-order valence-electron chi connectivity index (χ0n) is 10.0. The first-order chi connectivity index (χ1) is 8.70. The van der Waals surface area contributed by atoms with Gasteiger partial charge in [-0.3, -0.25) is 9.78 Å². The number of aryl methyl sites for hydroxylation is 1. The Labute approximate surface area is 108 Å². The molecule has 1 N–H and O–H groups in total. The predicted molar refractivity (Wildman–Crippen MR) is 67.5 cm³/mol.